The average Bonchev–Trinajstić information content (AvgIpc) is 2.07. The Morgan fingerprint density at radius 2 is 2.00 bits per heavy atom. The number of hydrogen-bond acceptors (Lipinski definition) is 4. The van der Waals surface area contributed by atoms with Crippen LogP contribution >= 0.6 is 0 Å². The molecule has 0 fully saturated rings. The molecule has 0 spiro atoms. The van der Waals surface area contributed by atoms with E-state index in [1.165, 1.54) is 7.11 Å². The van der Waals surface area contributed by atoms with Crippen LogP contribution in [0.5, 0.6) is 0 Å². The molecule has 1 N–H and O–H groups in total. The first-order valence-electron chi connectivity index (χ1n) is 4.11. The molecule has 0 aromatic carbocycles. The van der Waals surface area contributed by atoms with E-state index in [-0.39, 0.29) is 19.0 Å². The van der Waals surface area contributed by atoms with Gasteiger partial charge in [-0.05, 0) is 13.8 Å². The molecule has 0 aromatic heterocycles. The summed E-state index contributed by atoms with van der Waals surface area (Å²) in [7, 11) is 1.54. The van der Waals surface area contributed by atoms with Crippen LogP contribution < -0.4 is 0 Å². The largest absolute Gasteiger partial charge is 0.394 e. The fourth-order valence-corrected chi connectivity index (χ4v) is 0.721. The SMILES string of the molecule is CCOC(C)OCC(CO)OC. The van der Waals surface area contributed by atoms with Crippen LogP contribution in [0, 0.1) is 0 Å². The molecule has 0 saturated heterocycles. The summed E-state index contributed by atoms with van der Waals surface area (Å²) >= 11 is 0. The molecular formula is C8H18O4. The first kappa shape index (κ1) is 11.8. The molecule has 0 aliphatic heterocycles. The molecule has 0 bridgehead atoms. The molecule has 0 aliphatic rings. The van der Waals surface area contributed by atoms with Gasteiger partial charge in [0.15, 0.2) is 6.29 Å². The Labute approximate surface area is 73.4 Å². The fourth-order valence-electron chi connectivity index (χ4n) is 0.721. The monoisotopic (exact) mass is 178 g/mol. The number of rotatable bonds is 7. The summed E-state index contributed by atoms with van der Waals surface area (Å²) in [5.41, 5.74) is 0. The Kier molecular flexibility index (Phi) is 7.39. The Morgan fingerprint density at radius 3 is 2.42 bits per heavy atom. The second kappa shape index (κ2) is 7.49. The minimum Gasteiger partial charge on any atom is -0.394 e. The summed E-state index contributed by atoms with van der Waals surface area (Å²) in [6, 6.07) is 0. The second-order valence-corrected chi connectivity index (χ2v) is 2.40. The highest BCUT2D eigenvalue weighted by Crippen LogP contribution is 1.96. The number of methoxy groups -OCH3 is 1. The third-order valence-corrected chi connectivity index (χ3v) is 1.46. The third kappa shape index (κ3) is 5.49. The van der Waals surface area contributed by atoms with E-state index in [1.54, 1.807) is 0 Å². The van der Waals surface area contributed by atoms with Gasteiger partial charge in [0.25, 0.3) is 0 Å². The standard InChI is InChI=1S/C8H18O4/c1-4-11-7(2)12-6-8(5-9)10-3/h7-9H,4-6H2,1-3H3. The van der Waals surface area contributed by atoms with E-state index in [4.69, 9.17) is 19.3 Å². The molecule has 12 heavy (non-hydrogen) atoms. The second-order valence-electron chi connectivity index (χ2n) is 2.40. The highest BCUT2D eigenvalue weighted by molar-refractivity contribution is 4.51. The van der Waals surface area contributed by atoms with Crippen molar-refractivity contribution in [2.75, 3.05) is 26.9 Å². The summed E-state index contributed by atoms with van der Waals surface area (Å²) < 4.78 is 15.2. The lowest BCUT2D eigenvalue weighted by atomic mass is 10.4. The number of aliphatic hydroxyl groups is 1. The average molecular weight is 178 g/mol. The van der Waals surface area contributed by atoms with E-state index in [1.807, 2.05) is 13.8 Å². The highest BCUT2D eigenvalue weighted by atomic mass is 16.7. The Hall–Kier alpha value is -0.160. The molecule has 0 radical (unpaired) electrons. The molecule has 0 heterocycles. The fraction of sp³-hybridized carbons (Fsp3) is 1.00. The van der Waals surface area contributed by atoms with Gasteiger partial charge in [0.2, 0.25) is 0 Å². The maximum Gasteiger partial charge on any atom is 0.154 e. The van der Waals surface area contributed by atoms with Crippen LogP contribution in [0.15, 0.2) is 0 Å². The molecular weight excluding hydrogens is 160 g/mol. The molecule has 0 aliphatic carbocycles. The van der Waals surface area contributed by atoms with Crippen molar-refractivity contribution in [1.29, 1.82) is 0 Å². The molecule has 0 saturated carbocycles. The minimum atomic E-state index is -0.257. The van der Waals surface area contributed by atoms with Gasteiger partial charge in [-0.25, -0.2) is 0 Å². The minimum absolute atomic E-state index is 0.0324. The van der Waals surface area contributed by atoms with Crippen LogP contribution in [0.25, 0.3) is 0 Å². The van der Waals surface area contributed by atoms with Crippen molar-refractivity contribution in [1.82, 2.24) is 0 Å². The highest BCUT2D eigenvalue weighted by Gasteiger charge is 2.08. The maximum atomic E-state index is 8.72. The lowest BCUT2D eigenvalue weighted by molar-refractivity contribution is -0.151. The van der Waals surface area contributed by atoms with E-state index in [0.29, 0.717) is 13.2 Å². The van der Waals surface area contributed by atoms with Crippen molar-refractivity contribution in [2.24, 2.45) is 0 Å². The normalized spacial score (nSPS) is 16.0. The van der Waals surface area contributed by atoms with Gasteiger partial charge in [-0.1, -0.05) is 0 Å². The summed E-state index contributed by atoms with van der Waals surface area (Å²) in [6.45, 7) is 4.66. The van der Waals surface area contributed by atoms with Crippen LogP contribution in [0.3, 0.4) is 0 Å². The third-order valence-electron chi connectivity index (χ3n) is 1.46. The van der Waals surface area contributed by atoms with Crippen LogP contribution in [0.1, 0.15) is 13.8 Å². The van der Waals surface area contributed by atoms with Gasteiger partial charge in [-0.2, -0.15) is 0 Å². The van der Waals surface area contributed by atoms with Crippen molar-refractivity contribution >= 4 is 0 Å². The number of hydrogen-bond donors (Lipinski definition) is 1. The van der Waals surface area contributed by atoms with Crippen molar-refractivity contribution in [3.8, 4) is 0 Å². The zero-order valence-electron chi connectivity index (χ0n) is 7.95. The quantitative estimate of drug-likeness (QED) is 0.573. The maximum absolute atomic E-state index is 8.72. The van der Waals surface area contributed by atoms with Gasteiger partial charge in [0.05, 0.1) is 13.2 Å². The van der Waals surface area contributed by atoms with Crippen LogP contribution in [-0.2, 0) is 14.2 Å². The molecule has 74 valence electrons. The lowest BCUT2D eigenvalue weighted by Gasteiger charge is -2.16. The van der Waals surface area contributed by atoms with Crippen LogP contribution in [0.2, 0.25) is 0 Å². The van der Waals surface area contributed by atoms with E-state index >= 15 is 0 Å². The number of ether oxygens (including phenoxy) is 3. The molecule has 4 heteroatoms. The summed E-state index contributed by atoms with van der Waals surface area (Å²) in [5, 5.41) is 8.72. The molecule has 0 amide bonds. The molecule has 4 nitrogen and oxygen atoms in total. The van der Waals surface area contributed by atoms with Crippen molar-refractivity contribution < 1.29 is 19.3 Å². The van der Waals surface area contributed by atoms with E-state index in [0.717, 1.165) is 0 Å². The van der Waals surface area contributed by atoms with Crippen LogP contribution in [0.4, 0.5) is 0 Å². The van der Waals surface area contributed by atoms with Gasteiger partial charge in [-0.15, -0.1) is 0 Å². The Balaban J connectivity index is 3.37. The summed E-state index contributed by atoms with van der Waals surface area (Å²) in [6.07, 6.45) is -0.493. The topological polar surface area (TPSA) is 47.9 Å². The Bertz CT molecular complexity index is 93.1. The van der Waals surface area contributed by atoms with Gasteiger partial charge in [-0.3, -0.25) is 0 Å². The zero-order valence-corrected chi connectivity index (χ0v) is 7.95. The predicted molar refractivity (Wildman–Crippen MR) is 44.9 cm³/mol. The molecule has 2 atom stereocenters. The predicted octanol–water partition coefficient (Wildman–Crippen LogP) is 0.393. The zero-order chi connectivity index (χ0) is 9.40. The van der Waals surface area contributed by atoms with Gasteiger partial charge < -0.3 is 19.3 Å². The van der Waals surface area contributed by atoms with Crippen molar-refractivity contribution in [3.05, 3.63) is 0 Å². The summed E-state index contributed by atoms with van der Waals surface area (Å²) in [5.74, 6) is 0. The van der Waals surface area contributed by atoms with Gasteiger partial charge in [0, 0.05) is 13.7 Å². The van der Waals surface area contributed by atoms with E-state index in [2.05, 4.69) is 0 Å². The molecule has 0 aromatic rings. The first-order chi connectivity index (χ1) is 5.74. The van der Waals surface area contributed by atoms with Gasteiger partial charge >= 0.3 is 0 Å². The smallest absolute Gasteiger partial charge is 0.154 e. The van der Waals surface area contributed by atoms with Gasteiger partial charge in [0.1, 0.15) is 6.10 Å². The van der Waals surface area contributed by atoms with E-state index < -0.39 is 0 Å². The lowest BCUT2D eigenvalue weighted by Crippen LogP contribution is -2.26. The van der Waals surface area contributed by atoms with Crippen molar-refractivity contribution in [3.63, 3.8) is 0 Å². The molecule has 2 unspecified atom stereocenters. The summed E-state index contributed by atoms with van der Waals surface area (Å²) in [4.78, 5) is 0. The van der Waals surface area contributed by atoms with Crippen LogP contribution in [-0.4, -0.2) is 44.4 Å². The first-order valence-corrected chi connectivity index (χ1v) is 4.11. The number of aliphatic hydroxyl groups excluding tert-OH is 1. The molecule has 0 rings (SSSR count). The Morgan fingerprint density at radius 1 is 1.33 bits per heavy atom. The van der Waals surface area contributed by atoms with E-state index in [9.17, 15) is 0 Å². The van der Waals surface area contributed by atoms with Crippen molar-refractivity contribution in [2.45, 2.75) is 26.2 Å².